The molecule has 0 spiro atoms. The van der Waals surface area contributed by atoms with E-state index in [1.54, 1.807) is 96.3 Å². The van der Waals surface area contributed by atoms with Crippen LogP contribution >= 0.6 is 80.0 Å². The number of anilines is 5. The maximum atomic E-state index is 6.19. The summed E-state index contributed by atoms with van der Waals surface area (Å²) in [7, 11) is 28.4. The zero-order valence-corrected chi connectivity index (χ0v) is 76.8. The zero-order valence-electron chi connectivity index (χ0n) is 66.1. The molecule has 116 heavy (non-hydrogen) atoms. The van der Waals surface area contributed by atoms with Crippen molar-refractivity contribution in [1.29, 1.82) is 0 Å². The van der Waals surface area contributed by atoms with Crippen LogP contribution in [0.5, 0.6) is 0 Å². The van der Waals surface area contributed by atoms with E-state index in [1.807, 2.05) is 95.6 Å². The molecule has 2 heterocycles. The van der Waals surface area contributed by atoms with Gasteiger partial charge >= 0.3 is 266 Å². The van der Waals surface area contributed by atoms with Gasteiger partial charge in [-0.25, -0.2) is 0 Å². The molecule has 0 unspecified atom stereocenters. The van der Waals surface area contributed by atoms with Gasteiger partial charge in [0.2, 0.25) is 0 Å². The summed E-state index contributed by atoms with van der Waals surface area (Å²) in [6.07, 6.45) is 27.8. The number of alkyl halides is 2. The summed E-state index contributed by atoms with van der Waals surface area (Å²) < 4.78 is 3.05. The molecule has 0 amide bonds. The first-order chi connectivity index (χ1) is 55.8. The number of fused-ring (bicyclic) bond motifs is 1. The average Bonchev–Trinajstić information content (AvgIpc) is 1.65. The Hall–Kier alpha value is -5.55. The zero-order chi connectivity index (χ0) is 80.7. The van der Waals surface area contributed by atoms with Crippen molar-refractivity contribution in [3.8, 4) is 0 Å². The first-order valence-corrected chi connectivity index (χ1v) is 54.7. The first kappa shape index (κ1) is 97.6. The Morgan fingerprint density at radius 2 is 0.784 bits per heavy atom. The Morgan fingerprint density at radius 1 is 0.440 bits per heavy atom. The van der Waals surface area contributed by atoms with Crippen molar-refractivity contribution in [2.45, 2.75) is 169 Å². The molecule has 0 radical (unpaired) electrons. The Kier molecular flexibility index (Phi) is 46.0. The predicted octanol–water partition coefficient (Wildman–Crippen LogP) is 30.6. The van der Waals surface area contributed by atoms with E-state index >= 15 is 0 Å². The molecule has 4 aliphatic carbocycles. The van der Waals surface area contributed by atoms with Crippen molar-refractivity contribution in [2.24, 2.45) is 0 Å². The van der Waals surface area contributed by atoms with Crippen LogP contribution in [-0.2, 0) is 55.2 Å². The molecule has 1 N–H and O–H groups in total. The van der Waals surface area contributed by atoms with E-state index in [-0.39, 0.29) is 28.1 Å². The van der Waals surface area contributed by atoms with E-state index in [4.69, 9.17) is 62.0 Å². The summed E-state index contributed by atoms with van der Waals surface area (Å²) in [6.45, 7) is 22.6. The third-order valence-electron chi connectivity index (χ3n) is 21.5. The molecule has 0 aromatic heterocycles. The van der Waals surface area contributed by atoms with Crippen LogP contribution in [0, 0.1) is 41.0 Å². The van der Waals surface area contributed by atoms with Gasteiger partial charge in [-0.05, 0) is 168 Å². The fourth-order valence-corrected chi connectivity index (χ4v) is 25.5. The van der Waals surface area contributed by atoms with Gasteiger partial charge in [0.05, 0.1) is 22.3 Å². The van der Waals surface area contributed by atoms with E-state index in [0.29, 0.717) is 6.54 Å². The summed E-state index contributed by atoms with van der Waals surface area (Å²) in [5.41, 5.74) is 25.8. The van der Waals surface area contributed by atoms with E-state index in [0.717, 1.165) is 59.3 Å². The quantitative estimate of drug-likeness (QED) is 0.0452. The number of aryl methyl sites for hydroxylation is 4. The topological polar surface area (TPSA) is 39.1 Å². The van der Waals surface area contributed by atoms with Crippen molar-refractivity contribution in [2.75, 3.05) is 56.4 Å². The summed E-state index contributed by atoms with van der Waals surface area (Å²) in [4.78, 5) is 9.34. The summed E-state index contributed by atoms with van der Waals surface area (Å²) in [6, 6.07) is 89.5. The van der Waals surface area contributed by atoms with E-state index in [2.05, 4.69) is 285 Å². The average molecular weight is 1940 g/mol. The van der Waals surface area contributed by atoms with Crippen LogP contribution in [0.25, 0.3) is 17.0 Å². The van der Waals surface area contributed by atoms with Gasteiger partial charge in [-0.3, -0.25) is 0 Å². The number of hydrogen-bond donors (Lipinski definition) is 1. The minimum atomic E-state index is -1.88. The standard InChI is InChI=1S/C18H33P.2C17H19N2.C15H15N.C15H10.C14H12N.CH2Cl2.2CH4.5ClH.Cu.2Ru/c1-4-10-16(11-5-1)19(17-12-6-2-7-13-17)18-14-8-3-9-15-18;2*1-14-7-3-5-9-16(14)18-11-12-19(13-18)17-10-6-4-8-15(17)2;1-2-14-10-6-7-11-15(14)16-12-13-8-4-3-5-9-13;1-2-6-12(7-3-1)15-11-10-13-8-4-5-9-14(13)15;1-12-7-5-6-10-14(12)15-11-13-8-3-2-4-9-13;2-1-3;;;;;;;;;;/h16-18H,1-15H2;2*3-10,13H,11-12H2,1-2H3;2-11,16H,1,12H2;1-9,11H;1-10H,11H2;1H2;2*1H4;5*1H;;;/q;2*-1;;;-1;;;;;;;;;+1;2*+2/p-4. The molecule has 628 valence electrons. The van der Waals surface area contributed by atoms with Gasteiger partial charge in [-0.2, -0.15) is 13.3 Å². The van der Waals surface area contributed by atoms with Gasteiger partial charge in [-0.1, -0.05) is 168 Å². The van der Waals surface area contributed by atoms with Gasteiger partial charge in [0, 0.05) is 69.1 Å². The molecule has 0 bridgehead atoms. The number of para-hydroxylation sites is 6. The number of allylic oxidation sites excluding steroid dienone is 1. The maximum absolute atomic E-state index is 6.19. The molecule has 16 rings (SSSR count). The fourth-order valence-electron chi connectivity index (χ4n) is 15.9. The Labute approximate surface area is 747 Å². The molecular weight excluding hydrogens is 1820 g/mol. The number of nitrogens with one attached hydrogen (secondary N) is 1. The normalized spacial score (nSPS) is 15.1. The summed E-state index contributed by atoms with van der Waals surface area (Å²) in [5.74, 6) is 0. The van der Waals surface area contributed by atoms with E-state index in [1.165, 1.54) is 95.4 Å². The van der Waals surface area contributed by atoms with Gasteiger partial charge in [0.15, 0.2) is 0 Å². The molecule has 6 nitrogen and oxygen atoms in total. The molecule has 0 atom stereocenters. The molecular formula is C99H119Cl7CuN6PRu2-2. The van der Waals surface area contributed by atoms with Crippen LogP contribution in [-0.4, -0.2) is 57.2 Å². The van der Waals surface area contributed by atoms with Crippen molar-refractivity contribution < 1.29 is 42.1 Å². The van der Waals surface area contributed by atoms with Crippen LogP contribution < -0.4 is 24.9 Å². The van der Waals surface area contributed by atoms with Crippen molar-refractivity contribution in [3.05, 3.63) is 353 Å². The second-order valence-electron chi connectivity index (χ2n) is 29.0. The molecule has 10 aromatic rings. The Morgan fingerprint density at radius 3 is 1.18 bits per heavy atom. The third kappa shape index (κ3) is 30.9. The van der Waals surface area contributed by atoms with E-state index < -0.39 is 27.0 Å². The van der Waals surface area contributed by atoms with Gasteiger partial charge in [0.25, 0.3) is 0 Å². The Balaban J connectivity index is 0.000000190. The minimum absolute atomic E-state index is 0. The number of nitrogens with zero attached hydrogens (tertiary/aromatic N) is 5. The van der Waals surface area contributed by atoms with Gasteiger partial charge < -0.3 is 24.9 Å². The van der Waals surface area contributed by atoms with Crippen molar-refractivity contribution >= 4 is 134 Å². The van der Waals surface area contributed by atoms with E-state index in [9.17, 15) is 0 Å². The number of benzene rings is 10. The van der Waals surface area contributed by atoms with Crippen LogP contribution in [0.1, 0.15) is 172 Å². The predicted molar refractivity (Wildman–Crippen MR) is 510 cm³/mol. The monoisotopic (exact) mass is 1930 g/mol. The molecule has 17 heteroatoms. The molecule has 5 fully saturated rings. The van der Waals surface area contributed by atoms with Gasteiger partial charge in [-0.15, -0.1) is 23.2 Å². The van der Waals surface area contributed by atoms with Crippen LogP contribution in [0.4, 0.5) is 34.1 Å². The van der Waals surface area contributed by atoms with Crippen molar-refractivity contribution in [1.82, 2.24) is 0 Å². The van der Waals surface area contributed by atoms with Crippen LogP contribution in [0.15, 0.2) is 274 Å². The number of halogens is 7. The fraction of sp³-hybridized carbons (Fsp3) is 0.313. The SMILES string of the molecule is C.C.C1CCC([PH+](C2CCCCC2)C2CCCCC2)CC1.C=Cc1ccccc1NCc1ccccc1.Cc1ccccc1N1[CH-]N(c2ccccc2C)CC1.Cc1ccccc1N1[CH-]N(c2ccccc2C)CC1.ClCCl.[Cl][Cu].[Cl][Ru]([Cl])=[CH]c1ccccc1[N-]Cc1ccccc1.[Cl][Ru]([Cl])=[C]1C=C(c2ccccc2)c2ccccc21. The molecule has 10 aromatic carbocycles. The second-order valence-corrected chi connectivity index (χ2v) is 44.8. The second kappa shape index (κ2) is 54.7. The molecule has 2 aliphatic heterocycles. The van der Waals surface area contributed by atoms with Crippen LogP contribution in [0.3, 0.4) is 0 Å². The number of hydrogen-bond acceptors (Lipinski definition) is 5. The molecule has 2 saturated heterocycles. The third-order valence-corrected chi connectivity index (χ3v) is 31.0. The van der Waals surface area contributed by atoms with Crippen LogP contribution in [0.2, 0.25) is 0 Å². The summed E-state index contributed by atoms with van der Waals surface area (Å²) in [5, 5.41) is 8.21. The summed E-state index contributed by atoms with van der Waals surface area (Å²) >= 11 is 9.50. The number of rotatable bonds is 16. The Bertz CT molecular complexity index is 4320. The molecule has 6 aliphatic rings. The van der Waals surface area contributed by atoms with Crippen molar-refractivity contribution in [3.63, 3.8) is 0 Å². The molecule has 3 saturated carbocycles. The van der Waals surface area contributed by atoms with Gasteiger partial charge in [0.1, 0.15) is 0 Å². The first-order valence-electron chi connectivity index (χ1n) is 39.8.